The fraction of sp³-hybridized carbons (Fsp3) is 0.625. The SMILES string of the molecule is CCCCC[C@H]1C(C#N)(C#N)C(C#N)=C(N)[C@]1(C)C(C)=O. The smallest absolute Gasteiger partial charge is 0.184 e. The molecule has 0 saturated carbocycles. The van der Waals surface area contributed by atoms with Crippen LogP contribution in [0.4, 0.5) is 0 Å². The second-order valence-electron chi connectivity index (χ2n) is 5.74. The molecule has 1 aliphatic rings. The van der Waals surface area contributed by atoms with Gasteiger partial charge in [-0.15, -0.1) is 0 Å². The molecule has 0 aromatic heterocycles. The second kappa shape index (κ2) is 5.98. The number of ketones is 1. The third-order valence-corrected chi connectivity index (χ3v) is 4.74. The second-order valence-corrected chi connectivity index (χ2v) is 5.74. The van der Waals surface area contributed by atoms with Crippen molar-refractivity contribution in [1.29, 1.82) is 15.8 Å². The van der Waals surface area contributed by atoms with Gasteiger partial charge in [0.05, 0.1) is 29.2 Å². The number of nitrogens with two attached hydrogens (primary N) is 1. The van der Waals surface area contributed by atoms with Crippen LogP contribution in [0.15, 0.2) is 11.3 Å². The molecule has 0 aromatic carbocycles. The molecule has 0 fully saturated rings. The molecule has 2 N–H and O–H groups in total. The summed E-state index contributed by atoms with van der Waals surface area (Å²) in [6.07, 6.45) is 3.25. The van der Waals surface area contributed by atoms with Gasteiger partial charge >= 0.3 is 0 Å². The van der Waals surface area contributed by atoms with Crippen molar-refractivity contribution in [1.82, 2.24) is 0 Å². The molecule has 1 aliphatic carbocycles. The fourth-order valence-electron chi connectivity index (χ4n) is 3.25. The third kappa shape index (κ3) is 2.18. The Hall–Kier alpha value is -2.32. The van der Waals surface area contributed by atoms with Gasteiger partial charge < -0.3 is 5.73 Å². The molecule has 5 nitrogen and oxygen atoms in total. The normalized spacial score (nSPS) is 26.8. The fourth-order valence-corrected chi connectivity index (χ4v) is 3.25. The van der Waals surface area contributed by atoms with Crippen LogP contribution < -0.4 is 5.73 Å². The first-order valence-electron chi connectivity index (χ1n) is 7.11. The number of hydrogen-bond donors (Lipinski definition) is 1. The van der Waals surface area contributed by atoms with Crippen molar-refractivity contribution in [2.45, 2.75) is 46.5 Å². The van der Waals surface area contributed by atoms with Crippen LogP contribution in [0.2, 0.25) is 0 Å². The zero-order valence-corrected chi connectivity index (χ0v) is 12.7. The lowest BCUT2D eigenvalue weighted by Gasteiger charge is -2.34. The summed E-state index contributed by atoms with van der Waals surface area (Å²) < 4.78 is 0. The molecule has 0 bridgehead atoms. The number of carbonyl (C=O) groups is 1. The maximum atomic E-state index is 12.2. The molecule has 2 atom stereocenters. The predicted molar refractivity (Wildman–Crippen MR) is 76.9 cm³/mol. The Balaban J connectivity index is 3.49. The first-order valence-corrected chi connectivity index (χ1v) is 7.11. The van der Waals surface area contributed by atoms with Crippen LogP contribution in [-0.4, -0.2) is 5.78 Å². The van der Waals surface area contributed by atoms with Gasteiger partial charge in [-0.1, -0.05) is 26.2 Å². The van der Waals surface area contributed by atoms with Gasteiger partial charge in [-0.3, -0.25) is 4.79 Å². The summed E-state index contributed by atoms with van der Waals surface area (Å²) in [7, 11) is 0. The van der Waals surface area contributed by atoms with Crippen molar-refractivity contribution in [3.63, 3.8) is 0 Å². The molecule has 21 heavy (non-hydrogen) atoms. The molecule has 0 aromatic rings. The van der Waals surface area contributed by atoms with E-state index in [9.17, 15) is 20.6 Å². The highest BCUT2D eigenvalue weighted by Crippen LogP contribution is 2.57. The lowest BCUT2D eigenvalue weighted by atomic mass is 9.64. The van der Waals surface area contributed by atoms with Crippen LogP contribution in [0.5, 0.6) is 0 Å². The molecule has 5 heteroatoms. The highest BCUT2D eigenvalue weighted by Gasteiger charge is 2.62. The van der Waals surface area contributed by atoms with Crippen LogP contribution in [0, 0.1) is 50.7 Å². The van der Waals surface area contributed by atoms with Gasteiger partial charge in [0.25, 0.3) is 0 Å². The summed E-state index contributed by atoms with van der Waals surface area (Å²) in [6.45, 7) is 5.10. The van der Waals surface area contributed by atoms with Crippen molar-refractivity contribution in [2.24, 2.45) is 22.5 Å². The van der Waals surface area contributed by atoms with Gasteiger partial charge in [0, 0.05) is 11.6 Å². The number of nitrogens with zero attached hydrogens (tertiary/aromatic N) is 3. The quantitative estimate of drug-likeness (QED) is 0.779. The standard InChI is InChI=1S/C16H20N4O/c1-4-5-6-7-13-15(3,11(2)21)14(20)12(8-17)16(13,9-18)10-19/h13H,4-7,20H2,1-3H3/t13-,15-/m1/s1. The van der Waals surface area contributed by atoms with Gasteiger partial charge in [0.1, 0.15) is 5.78 Å². The van der Waals surface area contributed by atoms with E-state index in [1.165, 1.54) is 6.92 Å². The molecule has 0 amide bonds. The highest BCUT2D eigenvalue weighted by atomic mass is 16.1. The van der Waals surface area contributed by atoms with Gasteiger partial charge in [-0.05, 0) is 20.3 Å². The van der Waals surface area contributed by atoms with Crippen LogP contribution in [0.3, 0.4) is 0 Å². The summed E-state index contributed by atoms with van der Waals surface area (Å²) in [5.74, 6) is -0.777. The third-order valence-electron chi connectivity index (χ3n) is 4.74. The van der Waals surface area contributed by atoms with Crippen LogP contribution in [0.1, 0.15) is 46.5 Å². The van der Waals surface area contributed by atoms with Crippen molar-refractivity contribution < 1.29 is 4.79 Å². The van der Waals surface area contributed by atoms with E-state index in [-0.39, 0.29) is 17.1 Å². The Morgan fingerprint density at radius 2 is 1.86 bits per heavy atom. The van der Waals surface area contributed by atoms with E-state index in [0.717, 1.165) is 19.3 Å². The summed E-state index contributed by atoms with van der Waals surface area (Å²) in [5.41, 5.74) is 3.32. The molecule has 0 heterocycles. The zero-order valence-electron chi connectivity index (χ0n) is 12.7. The van der Waals surface area contributed by atoms with Crippen molar-refractivity contribution in [3.8, 4) is 18.2 Å². The number of allylic oxidation sites excluding steroid dienone is 2. The number of unbranched alkanes of at least 4 members (excludes halogenated alkanes) is 2. The number of rotatable bonds is 5. The summed E-state index contributed by atoms with van der Waals surface area (Å²) in [4.78, 5) is 12.2. The topological polar surface area (TPSA) is 114 Å². The lowest BCUT2D eigenvalue weighted by Crippen LogP contribution is -2.40. The molecule has 0 saturated heterocycles. The minimum Gasteiger partial charge on any atom is -0.400 e. The zero-order chi connectivity index (χ0) is 16.3. The van der Waals surface area contributed by atoms with E-state index < -0.39 is 16.7 Å². The predicted octanol–water partition coefficient (Wildman–Crippen LogP) is 2.56. The minimum atomic E-state index is -1.62. The largest absolute Gasteiger partial charge is 0.400 e. The van der Waals surface area contributed by atoms with Crippen molar-refractivity contribution >= 4 is 5.78 Å². The first-order chi connectivity index (χ1) is 9.86. The van der Waals surface area contributed by atoms with E-state index in [1.807, 2.05) is 25.1 Å². The molecule has 0 aliphatic heterocycles. The van der Waals surface area contributed by atoms with Gasteiger partial charge in [0.2, 0.25) is 0 Å². The van der Waals surface area contributed by atoms with Gasteiger partial charge in [0.15, 0.2) is 5.41 Å². The van der Waals surface area contributed by atoms with E-state index >= 15 is 0 Å². The van der Waals surface area contributed by atoms with E-state index in [1.54, 1.807) is 6.92 Å². The summed E-state index contributed by atoms with van der Waals surface area (Å²) in [6, 6.07) is 5.84. The summed E-state index contributed by atoms with van der Waals surface area (Å²) in [5, 5.41) is 28.4. The molecular weight excluding hydrogens is 264 g/mol. The van der Waals surface area contributed by atoms with Crippen LogP contribution in [0.25, 0.3) is 0 Å². The number of hydrogen-bond acceptors (Lipinski definition) is 5. The van der Waals surface area contributed by atoms with E-state index in [2.05, 4.69) is 0 Å². The molecule has 0 unspecified atom stereocenters. The Labute approximate surface area is 125 Å². The Kier molecular flexibility index (Phi) is 4.77. The Morgan fingerprint density at radius 1 is 1.29 bits per heavy atom. The van der Waals surface area contributed by atoms with Crippen molar-refractivity contribution in [2.75, 3.05) is 0 Å². The number of nitriles is 3. The van der Waals surface area contributed by atoms with Crippen LogP contribution >= 0.6 is 0 Å². The lowest BCUT2D eigenvalue weighted by molar-refractivity contribution is -0.126. The summed E-state index contributed by atoms with van der Waals surface area (Å²) >= 11 is 0. The van der Waals surface area contributed by atoms with Gasteiger partial charge in [-0.25, -0.2) is 0 Å². The Morgan fingerprint density at radius 3 is 2.24 bits per heavy atom. The monoisotopic (exact) mass is 284 g/mol. The molecular formula is C16H20N4O. The number of Topliss-reactive ketones (excluding diaryl/α,β-unsaturated/α-hetero) is 1. The molecule has 0 spiro atoms. The Bertz CT molecular complexity index is 585. The number of carbonyl (C=O) groups excluding carboxylic acids is 1. The minimum absolute atomic E-state index is 0.0494. The maximum absolute atomic E-state index is 12.2. The van der Waals surface area contributed by atoms with Crippen LogP contribution in [-0.2, 0) is 4.79 Å². The first kappa shape index (κ1) is 16.7. The molecule has 0 radical (unpaired) electrons. The molecule has 1 rings (SSSR count). The average molecular weight is 284 g/mol. The maximum Gasteiger partial charge on any atom is 0.184 e. The highest BCUT2D eigenvalue weighted by molar-refractivity contribution is 5.88. The molecule has 110 valence electrons. The average Bonchev–Trinajstić information content (AvgIpc) is 2.66. The van der Waals surface area contributed by atoms with Crippen molar-refractivity contribution in [3.05, 3.63) is 11.3 Å². The van der Waals surface area contributed by atoms with Gasteiger partial charge in [-0.2, -0.15) is 15.8 Å². The van der Waals surface area contributed by atoms with E-state index in [4.69, 9.17) is 5.73 Å². The van der Waals surface area contributed by atoms with E-state index in [0.29, 0.717) is 6.42 Å².